The smallest absolute Gasteiger partial charge is 0.304 e. The summed E-state index contributed by atoms with van der Waals surface area (Å²) in [5.74, 6) is 1.34. The molecule has 5 rings (SSSR count). The molecule has 0 radical (unpaired) electrons. The maximum atomic E-state index is 11.2. The summed E-state index contributed by atoms with van der Waals surface area (Å²) >= 11 is 0. The molecule has 0 spiro atoms. The Balaban J connectivity index is 1.49. The summed E-state index contributed by atoms with van der Waals surface area (Å²) in [5, 5.41) is 14.4. The van der Waals surface area contributed by atoms with E-state index in [0.29, 0.717) is 23.2 Å². The Morgan fingerprint density at radius 2 is 1.97 bits per heavy atom. The van der Waals surface area contributed by atoms with Gasteiger partial charge in [0.2, 0.25) is 5.82 Å². The van der Waals surface area contributed by atoms with Gasteiger partial charge in [0.25, 0.3) is 5.89 Å². The number of hydrogen-bond donors (Lipinski definition) is 2. The van der Waals surface area contributed by atoms with Gasteiger partial charge in [-0.15, -0.1) is 0 Å². The molecule has 2 heterocycles. The first-order chi connectivity index (χ1) is 15.1. The van der Waals surface area contributed by atoms with Crippen LogP contribution in [0, 0.1) is 0 Å². The van der Waals surface area contributed by atoms with Gasteiger partial charge in [0.1, 0.15) is 0 Å². The highest BCUT2D eigenvalue weighted by molar-refractivity contribution is 5.89. The molecule has 4 aromatic rings. The molecule has 2 aromatic heterocycles. The number of ether oxygens (including phenoxy) is 2. The number of fused-ring (bicyclic) bond motifs is 3. The highest BCUT2D eigenvalue weighted by Crippen LogP contribution is 2.40. The van der Waals surface area contributed by atoms with Gasteiger partial charge in [0.05, 0.1) is 20.6 Å². The molecule has 0 saturated heterocycles. The van der Waals surface area contributed by atoms with Gasteiger partial charge in [0.15, 0.2) is 11.5 Å². The number of methoxy groups -OCH3 is 2. The summed E-state index contributed by atoms with van der Waals surface area (Å²) < 4.78 is 16.1. The molecule has 8 nitrogen and oxygen atoms in total. The number of carbonyl (C=O) groups is 1. The number of carboxylic acid groups (broad SMARTS) is 1. The van der Waals surface area contributed by atoms with Crippen molar-refractivity contribution in [3.8, 4) is 34.3 Å². The van der Waals surface area contributed by atoms with E-state index < -0.39 is 5.97 Å². The third-order valence-corrected chi connectivity index (χ3v) is 5.83. The molecule has 31 heavy (non-hydrogen) atoms. The summed E-state index contributed by atoms with van der Waals surface area (Å²) in [7, 11) is 3.16. The van der Waals surface area contributed by atoms with Crippen LogP contribution in [0.1, 0.15) is 30.0 Å². The fourth-order valence-corrected chi connectivity index (χ4v) is 4.33. The van der Waals surface area contributed by atoms with Gasteiger partial charge in [-0.3, -0.25) is 4.79 Å². The number of benzene rings is 2. The van der Waals surface area contributed by atoms with Crippen LogP contribution in [0.3, 0.4) is 0 Å². The number of aliphatic carboxylic acids is 1. The van der Waals surface area contributed by atoms with Gasteiger partial charge >= 0.3 is 5.97 Å². The van der Waals surface area contributed by atoms with Gasteiger partial charge in [-0.2, -0.15) is 4.98 Å². The standard InChI is InChI=1S/C23H21N3O5/c1-29-18-8-5-14(10-19(18)30-2)23-25-22(26-31-23)13-4-7-17-16(9-13)15-6-3-12(11-20(27)28)21(15)24-17/h4-5,7-10,12,24H,3,6,11H2,1-2H3,(H,27,28). The lowest BCUT2D eigenvalue weighted by atomic mass is 10.0. The van der Waals surface area contributed by atoms with Crippen molar-refractivity contribution in [3.63, 3.8) is 0 Å². The first-order valence-electron chi connectivity index (χ1n) is 10.00. The number of carboxylic acids is 1. The van der Waals surface area contributed by atoms with E-state index in [0.717, 1.165) is 40.6 Å². The lowest BCUT2D eigenvalue weighted by Crippen LogP contribution is -2.03. The number of hydrogen-bond acceptors (Lipinski definition) is 6. The predicted molar refractivity (Wildman–Crippen MR) is 113 cm³/mol. The topological polar surface area (TPSA) is 110 Å². The van der Waals surface area contributed by atoms with E-state index in [1.807, 2.05) is 24.3 Å². The summed E-state index contributed by atoms with van der Waals surface area (Å²) in [6.07, 6.45) is 1.85. The molecule has 1 aliphatic rings. The molecule has 0 saturated carbocycles. The number of aryl methyl sites for hydroxylation is 1. The predicted octanol–water partition coefficient (Wildman–Crippen LogP) is 4.41. The first kappa shape index (κ1) is 19.2. The van der Waals surface area contributed by atoms with Crippen molar-refractivity contribution in [2.24, 2.45) is 0 Å². The number of nitrogens with one attached hydrogen (secondary N) is 1. The van der Waals surface area contributed by atoms with Crippen LogP contribution < -0.4 is 9.47 Å². The molecule has 2 N–H and O–H groups in total. The van der Waals surface area contributed by atoms with Crippen molar-refractivity contribution in [1.82, 2.24) is 15.1 Å². The molecule has 2 aromatic carbocycles. The molecule has 1 aliphatic carbocycles. The van der Waals surface area contributed by atoms with Gasteiger partial charge in [0, 0.05) is 33.6 Å². The Morgan fingerprint density at radius 1 is 1.16 bits per heavy atom. The monoisotopic (exact) mass is 419 g/mol. The molecule has 1 unspecified atom stereocenters. The van der Waals surface area contributed by atoms with E-state index >= 15 is 0 Å². The molecular formula is C23H21N3O5. The van der Waals surface area contributed by atoms with Gasteiger partial charge in [-0.05, 0) is 54.8 Å². The maximum Gasteiger partial charge on any atom is 0.304 e. The van der Waals surface area contributed by atoms with Crippen LogP contribution in [-0.2, 0) is 11.2 Å². The second kappa shape index (κ2) is 7.46. The normalized spacial score (nSPS) is 15.2. The average molecular weight is 419 g/mol. The SMILES string of the molecule is COc1ccc(-c2nc(-c3ccc4[nH]c5c(c4c3)CCC5CC(=O)O)no2)cc1OC. The number of aromatic amines is 1. The van der Waals surface area contributed by atoms with E-state index in [1.165, 1.54) is 5.56 Å². The summed E-state index contributed by atoms with van der Waals surface area (Å²) in [6.45, 7) is 0. The molecule has 1 atom stereocenters. The molecule has 158 valence electrons. The minimum atomic E-state index is -0.772. The summed E-state index contributed by atoms with van der Waals surface area (Å²) in [6, 6.07) is 11.4. The van der Waals surface area contributed by atoms with Crippen molar-refractivity contribution >= 4 is 16.9 Å². The Kier molecular flexibility index (Phi) is 4.62. The lowest BCUT2D eigenvalue weighted by molar-refractivity contribution is -0.137. The average Bonchev–Trinajstić information content (AvgIpc) is 3.49. The molecule has 0 amide bonds. The highest BCUT2D eigenvalue weighted by atomic mass is 16.5. The second-order valence-corrected chi connectivity index (χ2v) is 7.60. The largest absolute Gasteiger partial charge is 0.493 e. The van der Waals surface area contributed by atoms with Crippen LogP contribution in [0.2, 0.25) is 0 Å². The summed E-state index contributed by atoms with van der Waals surface area (Å²) in [4.78, 5) is 19.1. The number of rotatable bonds is 6. The summed E-state index contributed by atoms with van der Waals surface area (Å²) in [5.41, 5.74) is 4.79. The third kappa shape index (κ3) is 3.30. The fraction of sp³-hybridized carbons (Fsp3) is 0.261. The van der Waals surface area contributed by atoms with Crippen molar-refractivity contribution < 1.29 is 23.9 Å². The maximum absolute atomic E-state index is 11.2. The van der Waals surface area contributed by atoms with Gasteiger partial charge < -0.3 is 24.1 Å². The van der Waals surface area contributed by atoms with Crippen LogP contribution in [0.25, 0.3) is 33.7 Å². The van der Waals surface area contributed by atoms with Crippen LogP contribution >= 0.6 is 0 Å². The van der Waals surface area contributed by atoms with Crippen molar-refractivity contribution in [2.75, 3.05) is 14.2 Å². The number of H-pyrrole nitrogens is 1. The number of aromatic nitrogens is 3. The molecule has 8 heteroatoms. The molecular weight excluding hydrogens is 398 g/mol. The van der Waals surface area contributed by atoms with E-state index in [4.69, 9.17) is 19.1 Å². The molecule has 0 bridgehead atoms. The Labute approximate surface area is 177 Å². The van der Waals surface area contributed by atoms with E-state index in [1.54, 1.807) is 26.4 Å². The lowest BCUT2D eigenvalue weighted by Gasteiger charge is -2.07. The Bertz CT molecular complexity index is 1290. The van der Waals surface area contributed by atoms with Crippen LogP contribution in [0.4, 0.5) is 0 Å². The quantitative estimate of drug-likeness (QED) is 0.476. The van der Waals surface area contributed by atoms with Crippen LogP contribution in [0.5, 0.6) is 11.5 Å². The third-order valence-electron chi connectivity index (χ3n) is 5.83. The zero-order chi connectivity index (χ0) is 21.5. The first-order valence-corrected chi connectivity index (χ1v) is 10.00. The van der Waals surface area contributed by atoms with Crippen molar-refractivity contribution in [2.45, 2.75) is 25.2 Å². The minimum absolute atomic E-state index is 0.0326. The zero-order valence-electron chi connectivity index (χ0n) is 17.1. The van der Waals surface area contributed by atoms with Crippen molar-refractivity contribution in [1.29, 1.82) is 0 Å². The molecule has 0 aliphatic heterocycles. The fourth-order valence-electron chi connectivity index (χ4n) is 4.33. The van der Waals surface area contributed by atoms with Crippen LogP contribution in [-0.4, -0.2) is 40.4 Å². The Morgan fingerprint density at radius 3 is 2.74 bits per heavy atom. The van der Waals surface area contributed by atoms with E-state index in [2.05, 4.69) is 15.1 Å². The highest BCUT2D eigenvalue weighted by Gasteiger charge is 2.28. The van der Waals surface area contributed by atoms with Gasteiger partial charge in [-0.25, -0.2) is 0 Å². The Hall–Kier alpha value is -3.81. The molecule has 0 fully saturated rings. The van der Waals surface area contributed by atoms with E-state index in [-0.39, 0.29) is 12.3 Å². The van der Waals surface area contributed by atoms with E-state index in [9.17, 15) is 4.79 Å². The van der Waals surface area contributed by atoms with Crippen LogP contribution in [0.15, 0.2) is 40.9 Å². The number of nitrogens with zero attached hydrogens (tertiary/aromatic N) is 2. The van der Waals surface area contributed by atoms with Gasteiger partial charge in [-0.1, -0.05) is 5.16 Å². The minimum Gasteiger partial charge on any atom is -0.493 e. The zero-order valence-corrected chi connectivity index (χ0v) is 17.1. The van der Waals surface area contributed by atoms with Crippen molar-refractivity contribution in [3.05, 3.63) is 47.7 Å². The second-order valence-electron chi connectivity index (χ2n) is 7.60.